The summed E-state index contributed by atoms with van der Waals surface area (Å²) < 4.78 is 0. The number of carbonyl (C=O) groups is 1. The molecule has 2 aromatic rings. The van der Waals surface area contributed by atoms with Crippen LogP contribution in [0.5, 0.6) is 0 Å². The Morgan fingerprint density at radius 2 is 1.47 bits per heavy atom. The molecule has 0 aromatic carbocycles. The molecule has 2 aromatic heterocycles. The summed E-state index contributed by atoms with van der Waals surface area (Å²) in [6, 6.07) is 3.08. The van der Waals surface area contributed by atoms with Gasteiger partial charge >= 0.3 is 5.97 Å². The van der Waals surface area contributed by atoms with Crippen molar-refractivity contribution in [3.05, 3.63) is 52.9 Å². The molecule has 0 aliphatic rings. The lowest BCUT2D eigenvalue weighted by molar-refractivity contribution is 0.0696. The molecule has 5 heteroatoms. The van der Waals surface area contributed by atoms with Crippen molar-refractivity contribution < 1.29 is 9.90 Å². The van der Waals surface area contributed by atoms with E-state index in [0.717, 1.165) is 22.8 Å². The van der Waals surface area contributed by atoms with Crippen molar-refractivity contribution in [2.75, 3.05) is 0 Å². The molecule has 0 bridgehead atoms. The number of hydrogen-bond acceptors (Lipinski definition) is 4. The van der Waals surface area contributed by atoms with Crippen LogP contribution in [0.1, 0.15) is 33.1 Å². The number of aromatic nitrogens is 3. The molecular weight excluding hydrogens is 242 g/mol. The summed E-state index contributed by atoms with van der Waals surface area (Å²) in [5.74, 6) is -0.942. The fraction of sp³-hybridized carbons (Fsp3) is 0.286. The minimum Gasteiger partial charge on any atom is -0.478 e. The second kappa shape index (κ2) is 6.58. The molecule has 2 heterocycles. The number of pyridine rings is 1. The predicted octanol–water partition coefficient (Wildman–Crippen LogP) is 2.49. The number of carboxylic acid groups (broad SMARTS) is 1. The van der Waals surface area contributed by atoms with Crippen molar-refractivity contribution in [3.63, 3.8) is 0 Å². The molecular formula is C14H17N3O2. The van der Waals surface area contributed by atoms with Gasteiger partial charge < -0.3 is 5.11 Å². The number of rotatable bonds is 1. The van der Waals surface area contributed by atoms with Gasteiger partial charge in [0, 0.05) is 12.4 Å². The molecule has 0 fully saturated rings. The van der Waals surface area contributed by atoms with Gasteiger partial charge in [-0.25, -0.2) is 4.79 Å². The molecule has 5 nitrogen and oxygen atoms in total. The maximum atomic E-state index is 10.2. The van der Waals surface area contributed by atoms with E-state index in [9.17, 15) is 4.79 Å². The van der Waals surface area contributed by atoms with Crippen LogP contribution in [-0.4, -0.2) is 26.0 Å². The summed E-state index contributed by atoms with van der Waals surface area (Å²) in [6.45, 7) is 7.92. The quantitative estimate of drug-likeness (QED) is 0.851. The number of carboxylic acids is 1. The molecule has 2 rings (SSSR count). The van der Waals surface area contributed by atoms with Gasteiger partial charge in [-0.3, -0.25) is 15.0 Å². The second-order valence-corrected chi connectivity index (χ2v) is 4.11. The summed E-state index contributed by atoms with van der Waals surface area (Å²) in [7, 11) is 0. The van der Waals surface area contributed by atoms with E-state index in [0.29, 0.717) is 0 Å². The van der Waals surface area contributed by atoms with Crippen molar-refractivity contribution in [1.29, 1.82) is 0 Å². The number of nitrogens with zero attached hydrogens (tertiary/aromatic N) is 3. The topological polar surface area (TPSA) is 76.0 Å². The molecule has 0 amide bonds. The first kappa shape index (κ1) is 14.8. The van der Waals surface area contributed by atoms with Crippen LogP contribution in [0.3, 0.4) is 0 Å². The van der Waals surface area contributed by atoms with Crippen LogP contribution in [0.2, 0.25) is 0 Å². The zero-order chi connectivity index (χ0) is 14.4. The van der Waals surface area contributed by atoms with Crippen LogP contribution >= 0.6 is 0 Å². The van der Waals surface area contributed by atoms with Gasteiger partial charge in [0.25, 0.3) is 0 Å². The minimum atomic E-state index is -0.942. The molecule has 0 aliphatic heterocycles. The second-order valence-electron chi connectivity index (χ2n) is 4.11. The number of aromatic carboxylic acids is 1. The van der Waals surface area contributed by atoms with Crippen LogP contribution in [0.4, 0.5) is 0 Å². The van der Waals surface area contributed by atoms with Crippen LogP contribution in [0, 0.1) is 27.7 Å². The smallest absolute Gasteiger partial charge is 0.337 e. The Bertz CT molecular complexity index is 518. The minimum absolute atomic E-state index is 0.220. The highest BCUT2D eigenvalue weighted by Gasteiger charge is 1.99. The fourth-order valence-corrected chi connectivity index (χ4v) is 1.32. The summed E-state index contributed by atoms with van der Waals surface area (Å²) in [5.41, 5.74) is 4.34. The van der Waals surface area contributed by atoms with Gasteiger partial charge in [-0.15, -0.1) is 0 Å². The van der Waals surface area contributed by atoms with Gasteiger partial charge in [0.05, 0.1) is 28.3 Å². The Kier molecular flexibility index (Phi) is 5.11. The molecule has 1 N–H and O–H groups in total. The SMILES string of the molecule is Cc1nc(C)c(C)nc1C.O=C(O)c1cccnc1. The lowest BCUT2D eigenvalue weighted by atomic mass is 10.3. The molecule has 19 heavy (non-hydrogen) atoms. The van der Waals surface area contributed by atoms with Crippen molar-refractivity contribution in [2.45, 2.75) is 27.7 Å². The maximum Gasteiger partial charge on any atom is 0.337 e. The molecule has 0 atom stereocenters. The molecule has 100 valence electrons. The molecule has 0 saturated carbocycles. The van der Waals surface area contributed by atoms with Crippen LogP contribution in [-0.2, 0) is 0 Å². The summed E-state index contributed by atoms with van der Waals surface area (Å²) >= 11 is 0. The van der Waals surface area contributed by atoms with E-state index in [1.54, 1.807) is 6.07 Å². The lowest BCUT2D eigenvalue weighted by Crippen LogP contribution is -1.97. The first-order valence-electron chi connectivity index (χ1n) is 5.83. The van der Waals surface area contributed by atoms with Crippen molar-refractivity contribution in [1.82, 2.24) is 15.0 Å². The van der Waals surface area contributed by atoms with Crippen LogP contribution in [0.25, 0.3) is 0 Å². The summed E-state index contributed by atoms with van der Waals surface area (Å²) in [6.07, 6.45) is 2.84. The maximum absolute atomic E-state index is 10.2. The lowest BCUT2D eigenvalue weighted by Gasteiger charge is -2.01. The third kappa shape index (κ3) is 4.46. The third-order valence-electron chi connectivity index (χ3n) is 2.63. The Balaban J connectivity index is 0.000000191. The summed E-state index contributed by atoms with van der Waals surface area (Å²) in [5, 5.41) is 8.34. The summed E-state index contributed by atoms with van der Waals surface area (Å²) in [4.78, 5) is 22.4. The van der Waals surface area contributed by atoms with E-state index in [-0.39, 0.29) is 5.56 Å². The van der Waals surface area contributed by atoms with Gasteiger partial charge in [-0.2, -0.15) is 0 Å². The van der Waals surface area contributed by atoms with Gasteiger partial charge in [-0.05, 0) is 39.8 Å². The third-order valence-corrected chi connectivity index (χ3v) is 2.63. The van der Waals surface area contributed by atoms with Gasteiger partial charge in [-0.1, -0.05) is 0 Å². The molecule has 0 radical (unpaired) electrons. The Labute approximate surface area is 112 Å². The van der Waals surface area contributed by atoms with Crippen molar-refractivity contribution >= 4 is 5.97 Å². The predicted molar refractivity (Wildman–Crippen MR) is 72.2 cm³/mol. The molecule has 0 saturated heterocycles. The van der Waals surface area contributed by atoms with E-state index in [1.165, 1.54) is 18.5 Å². The zero-order valence-corrected chi connectivity index (χ0v) is 11.5. The van der Waals surface area contributed by atoms with E-state index in [2.05, 4.69) is 15.0 Å². The monoisotopic (exact) mass is 259 g/mol. The Morgan fingerprint density at radius 3 is 1.74 bits per heavy atom. The van der Waals surface area contributed by atoms with Crippen LogP contribution < -0.4 is 0 Å². The molecule has 0 unspecified atom stereocenters. The standard InChI is InChI=1S/C8H12N2.C6H5NO2/c1-5-6(2)10-8(4)7(3)9-5;8-6(9)5-2-1-3-7-4-5/h1-4H3;1-4H,(H,8,9). The van der Waals surface area contributed by atoms with Gasteiger partial charge in [0.2, 0.25) is 0 Å². The Morgan fingerprint density at radius 1 is 1.00 bits per heavy atom. The van der Waals surface area contributed by atoms with Gasteiger partial charge in [0.15, 0.2) is 0 Å². The van der Waals surface area contributed by atoms with Crippen LogP contribution in [0.15, 0.2) is 24.5 Å². The highest BCUT2D eigenvalue weighted by Crippen LogP contribution is 2.04. The van der Waals surface area contributed by atoms with E-state index < -0.39 is 5.97 Å². The van der Waals surface area contributed by atoms with Gasteiger partial charge in [0.1, 0.15) is 0 Å². The van der Waals surface area contributed by atoms with E-state index in [1.807, 2.05) is 27.7 Å². The molecule has 0 aliphatic carbocycles. The first-order valence-corrected chi connectivity index (χ1v) is 5.83. The fourth-order valence-electron chi connectivity index (χ4n) is 1.32. The highest BCUT2D eigenvalue weighted by atomic mass is 16.4. The average molecular weight is 259 g/mol. The average Bonchev–Trinajstić information content (AvgIpc) is 2.38. The number of hydrogen-bond donors (Lipinski definition) is 1. The number of aryl methyl sites for hydroxylation is 4. The molecule has 0 spiro atoms. The van der Waals surface area contributed by atoms with Crippen molar-refractivity contribution in [2.24, 2.45) is 0 Å². The van der Waals surface area contributed by atoms with E-state index in [4.69, 9.17) is 5.11 Å². The first-order chi connectivity index (χ1) is 8.91. The Hall–Kier alpha value is -2.30. The van der Waals surface area contributed by atoms with E-state index >= 15 is 0 Å². The van der Waals surface area contributed by atoms with Crippen molar-refractivity contribution in [3.8, 4) is 0 Å². The highest BCUT2D eigenvalue weighted by molar-refractivity contribution is 5.86. The zero-order valence-electron chi connectivity index (χ0n) is 11.5. The normalized spacial score (nSPS) is 9.47. The largest absolute Gasteiger partial charge is 0.478 e.